The number of nitrogens with zero attached hydrogens (tertiary/aromatic N) is 2. The highest BCUT2D eigenvalue weighted by molar-refractivity contribution is 7.97. The first-order valence-electron chi connectivity index (χ1n) is 5.53. The first-order valence-corrected chi connectivity index (χ1v) is 7.30. The molecule has 1 N–H and O–H groups in total. The van der Waals surface area contributed by atoms with E-state index in [1.54, 1.807) is 6.07 Å². The molecule has 2 rings (SSSR count). The number of aryl methyl sites for hydroxylation is 1. The van der Waals surface area contributed by atoms with Gasteiger partial charge in [0.15, 0.2) is 0 Å². The van der Waals surface area contributed by atoms with Gasteiger partial charge in [0.1, 0.15) is 16.8 Å². The Morgan fingerprint density at radius 1 is 1.22 bits per heavy atom. The summed E-state index contributed by atoms with van der Waals surface area (Å²) in [6, 6.07) is 10.0. The minimum atomic E-state index is 0.448. The smallest absolute Gasteiger partial charge is 0.135 e. The van der Waals surface area contributed by atoms with Gasteiger partial charge in [-0.3, -0.25) is 0 Å². The molecule has 1 heterocycles. The van der Waals surface area contributed by atoms with E-state index in [0.717, 1.165) is 11.4 Å². The molecule has 0 atom stereocenters. The molecule has 2 aromatic rings. The number of rotatable bonds is 4. The molecule has 0 fully saturated rings. The Balaban J connectivity index is 2.13. The third kappa shape index (κ3) is 3.62. The molecule has 1 aromatic carbocycles. The minimum absolute atomic E-state index is 0.448. The number of hydrogen-bond acceptors (Lipinski definition) is 4. The second kappa shape index (κ2) is 6.07. The summed E-state index contributed by atoms with van der Waals surface area (Å²) < 4.78 is 0. The van der Waals surface area contributed by atoms with Crippen LogP contribution in [0.2, 0.25) is 5.15 Å². The zero-order valence-electron chi connectivity index (χ0n) is 10.3. The van der Waals surface area contributed by atoms with Crippen molar-refractivity contribution < 1.29 is 0 Å². The van der Waals surface area contributed by atoms with Crippen LogP contribution in [0.1, 0.15) is 11.4 Å². The number of nitrogens with one attached hydrogen (secondary N) is 1. The van der Waals surface area contributed by atoms with E-state index in [2.05, 4.69) is 33.7 Å². The van der Waals surface area contributed by atoms with E-state index >= 15 is 0 Å². The predicted octanol–water partition coefficient (Wildman–Crippen LogP) is 4.05. The SMILES string of the molecule is CSCc1ccc(Nc2cc(Cl)nc(C)n2)cc1. The fourth-order valence-corrected chi connectivity index (χ4v) is 2.35. The molecular weight excluding hydrogens is 266 g/mol. The molecule has 0 radical (unpaired) electrons. The van der Waals surface area contributed by atoms with Gasteiger partial charge in [0, 0.05) is 17.5 Å². The lowest BCUT2D eigenvalue weighted by Crippen LogP contribution is -1.97. The van der Waals surface area contributed by atoms with E-state index in [-0.39, 0.29) is 0 Å². The van der Waals surface area contributed by atoms with Crippen LogP contribution in [0.25, 0.3) is 0 Å². The summed E-state index contributed by atoms with van der Waals surface area (Å²) in [6.45, 7) is 1.82. The van der Waals surface area contributed by atoms with Crippen LogP contribution in [0, 0.1) is 6.92 Å². The van der Waals surface area contributed by atoms with Crippen LogP contribution in [0.4, 0.5) is 11.5 Å². The van der Waals surface area contributed by atoms with Gasteiger partial charge in [-0.05, 0) is 30.9 Å². The second-order valence-electron chi connectivity index (χ2n) is 3.88. The molecule has 3 nitrogen and oxygen atoms in total. The summed E-state index contributed by atoms with van der Waals surface area (Å²) in [5.41, 5.74) is 2.30. The Morgan fingerprint density at radius 2 is 1.94 bits per heavy atom. The third-order valence-electron chi connectivity index (χ3n) is 2.34. The van der Waals surface area contributed by atoms with E-state index in [1.807, 2.05) is 30.8 Å². The van der Waals surface area contributed by atoms with Crippen molar-refractivity contribution in [2.75, 3.05) is 11.6 Å². The molecular formula is C13H14ClN3S. The Hall–Kier alpha value is -1.26. The summed E-state index contributed by atoms with van der Waals surface area (Å²) >= 11 is 7.70. The standard InChI is InChI=1S/C13H14ClN3S/c1-9-15-12(14)7-13(16-9)17-11-5-3-10(4-6-11)8-18-2/h3-7H,8H2,1-2H3,(H,15,16,17). The summed E-state index contributed by atoms with van der Waals surface area (Å²) in [5, 5.41) is 3.66. The molecule has 0 saturated carbocycles. The van der Waals surface area contributed by atoms with Crippen molar-refractivity contribution in [3.63, 3.8) is 0 Å². The van der Waals surface area contributed by atoms with Crippen LogP contribution in [0.15, 0.2) is 30.3 Å². The molecule has 0 unspecified atom stereocenters. The van der Waals surface area contributed by atoms with Crippen molar-refractivity contribution in [3.05, 3.63) is 46.9 Å². The molecule has 0 bridgehead atoms. The molecule has 0 saturated heterocycles. The maximum atomic E-state index is 5.89. The van der Waals surface area contributed by atoms with Crippen molar-refractivity contribution in [2.45, 2.75) is 12.7 Å². The number of halogens is 1. The quantitative estimate of drug-likeness (QED) is 0.857. The third-order valence-corrected chi connectivity index (χ3v) is 3.16. The maximum absolute atomic E-state index is 5.89. The van der Waals surface area contributed by atoms with Gasteiger partial charge in [0.25, 0.3) is 0 Å². The molecule has 18 heavy (non-hydrogen) atoms. The Labute approximate surface area is 116 Å². The number of thioether (sulfide) groups is 1. The number of hydrogen-bond donors (Lipinski definition) is 1. The van der Waals surface area contributed by atoms with Crippen molar-refractivity contribution in [1.82, 2.24) is 9.97 Å². The van der Waals surface area contributed by atoms with Crippen LogP contribution in [-0.4, -0.2) is 16.2 Å². The van der Waals surface area contributed by atoms with Gasteiger partial charge in [-0.15, -0.1) is 0 Å². The van der Waals surface area contributed by atoms with Crippen molar-refractivity contribution in [3.8, 4) is 0 Å². The van der Waals surface area contributed by atoms with Gasteiger partial charge >= 0.3 is 0 Å². The monoisotopic (exact) mass is 279 g/mol. The Morgan fingerprint density at radius 3 is 2.56 bits per heavy atom. The predicted molar refractivity (Wildman–Crippen MR) is 78.7 cm³/mol. The van der Waals surface area contributed by atoms with Gasteiger partial charge in [0.05, 0.1) is 0 Å². The number of benzene rings is 1. The number of aromatic nitrogens is 2. The van der Waals surface area contributed by atoms with Gasteiger partial charge in [-0.1, -0.05) is 23.7 Å². The van der Waals surface area contributed by atoms with E-state index in [0.29, 0.717) is 16.8 Å². The van der Waals surface area contributed by atoms with Crippen molar-refractivity contribution in [2.24, 2.45) is 0 Å². The average molecular weight is 280 g/mol. The normalized spacial score (nSPS) is 10.4. The molecule has 0 spiro atoms. The second-order valence-corrected chi connectivity index (χ2v) is 5.13. The summed E-state index contributed by atoms with van der Waals surface area (Å²) in [4.78, 5) is 8.30. The highest BCUT2D eigenvalue weighted by atomic mass is 35.5. The first-order chi connectivity index (χ1) is 8.67. The molecule has 94 valence electrons. The minimum Gasteiger partial charge on any atom is -0.340 e. The van der Waals surface area contributed by atoms with Crippen molar-refractivity contribution >= 4 is 34.9 Å². The van der Waals surface area contributed by atoms with Gasteiger partial charge in [-0.2, -0.15) is 11.8 Å². The summed E-state index contributed by atoms with van der Waals surface area (Å²) in [5.74, 6) is 2.40. The zero-order chi connectivity index (χ0) is 13.0. The average Bonchev–Trinajstić information content (AvgIpc) is 2.31. The first kappa shape index (κ1) is 13.2. The van der Waals surface area contributed by atoms with E-state index in [1.165, 1.54) is 5.56 Å². The molecule has 0 amide bonds. The van der Waals surface area contributed by atoms with E-state index in [9.17, 15) is 0 Å². The topological polar surface area (TPSA) is 37.8 Å². The number of anilines is 2. The Bertz CT molecular complexity index is 508. The van der Waals surface area contributed by atoms with Gasteiger partial charge in [-0.25, -0.2) is 9.97 Å². The molecule has 0 aliphatic heterocycles. The lowest BCUT2D eigenvalue weighted by atomic mass is 10.2. The lowest BCUT2D eigenvalue weighted by Gasteiger charge is -2.07. The highest BCUT2D eigenvalue weighted by Gasteiger charge is 2.00. The van der Waals surface area contributed by atoms with Crippen LogP contribution in [-0.2, 0) is 5.75 Å². The fraction of sp³-hybridized carbons (Fsp3) is 0.231. The van der Waals surface area contributed by atoms with E-state index < -0.39 is 0 Å². The summed E-state index contributed by atoms with van der Waals surface area (Å²) in [7, 11) is 0. The molecule has 0 aliphatic carbocycles. The molecule has 1 aromatic heterocycles. The Kier molecular flexibility index (Phi) is 4.44. The molecule has 5 heteroatoms. The molecule has 0 aliphatic rings. The van der Waals surface area contributed by atoms with Crippen molar-refractivity contribution in [1.29, 1.82) is 0 Å². The zero-order valence-corrected chi connectivity index (χ0v) is 11.8. The maximum Gasteiger partial charge on any atom is 0.135 e. The largest absolute Gasteiger partial charge is 0.340 e. The van der Waals surface area contributed by atoms with Crippen LogP contribution < -0.4 is 5.32 Å². The lowest BCUT2D eigenvalue weighted by molar-refractivity contribution is 1.06. The van der Waals surface area contributed by atoms with Crippen LogP contribution in [0.3, 0.4) is 0 Å². The van der Waals surface area contributed by atoms with Gasteiger partial charge in [0.2, 0.25) is 0 Å². The highest BCUT2D eigenvalue weighted by Crippen LogP contribution is 2.19. The van der Waals surface area contributed by atoms with E-state index in [4.69, 9.17) is 11.6 Å². The van der Waals surface area contributed by atoms with Crippen LogP contribution in [0.5, 0.6) is 0 Å². The van der Waals surface area contributed by atoms with Crippen LogP contribution >= 0.6 is 23.4 Å². The summed E-state index contributed by atoms with van der Waals surface area (Å²) in [6.07, 6.45) is 2.10. The van der Waals surface area contributed by atoms with Gasteiger partial charge < -0.3 is 5.32 Å². The fourth-order valence-electron chi connectivity index (χ4n) is 1.59.